The van der Waals surface area contributed by atoms with Crippen molar-refractivity contribution in [3.05, 3.63) is 75.8 Å². The maximum absolute atomic E-state index is 14.8. The molecule has 7 nitrogen and oxygen atoms in total. The maximum Gasteiger partial charge on any atom is 0.267 e. The van der Waals surface area contributed by atoms with E-state index in [1.54, 1.807) is 22.9 Å². The SMILES string of the molecule is COc1ccc2c(c1)c(-c1ccc(Cl)cc1F)nn2-c1cc(F)c(C(=O)NS(C)(=O)=O)cc1Cl. The van der Waals surface area contributed by atoms with Gasteiger partial charge in [0.25, 0.3) is 5.91 Å². The van der Waals surface area contributed by atoms with Crippen molar-refractivity contribution in [2.45, 2.75) is 0 Å². The maximum atomic E-state index is 14.8. The van der Waals surface area contributed by atoms with Crippen LogP contribution in [0.15, 0.2) is 48.5 Å². The number of amides is 1. The number of nitrogens with zero attached hydrogens (tertiary/aromatic N) is 2. The molecule has 0 spiro atoms. The molecule has 0 unspecified atom stereocenters. The number of aromatic nitrogens is 2. The molecule has 0 saturated heterocycles. The highest BCUT2D eigenvalue weighted by atomic mass is 35.5. The van der Waals surface area contributed by atoms with Gasteiger partial charge in [-0.1, -0.05) is 23.2 Å². The van der Waals surface area contributed by atoms with Gasteiger partial charge < -0.3 is 4.74 Å². The topological polar surface area (TPSA) is 90.3 Å². The lowest BCUT2D eigenvalue weighted by Gasteiger charge is -2.10. The van der Waals surface area contributed by atoms with Crippen molar-refractivity contribution in [1.82, 2.24) is 14.5 Å². The van der Waals surface area contributed by atoms with Crippen LogP contribution in [-0.4, -0.2) is 37.5 Å². The molecule has 0 aliphatic carbocycles. The van der Waals surface area contributed by atoms with Crippen LogP contribution in [0.1, 0.15) is 10.4 Å². The van der Waals surface area contributed by atoms with Gasteiger partial charge in [-0.2, -0.15) is 5.10 Å². The predicted octanol–water partition coefficient (Wildman–Crippen LogP) is 4.98. The average molecular weight is 526 g/mol. The first-order chi connectivity index (χ1) is 16.0. The van der Waals surface area contributed by atoms with Crippen LogP contribution in [0.5, 0.6) is 5.75 Å². The molecule has 4 aromatic rings. The minimum Gasteiger partial charge on any atom is -0.497 e. The molecule has 0 aliphatic rings. The van der Waals surface area contributed by atoms with Crippen LogP contribution in [-0.2, 0) is 10.0 Å². The zero-order valence-electron chi connectivity index (χ0n) is 17.6. The van der Waals surface area contributed by atoms with E-state index in [9.17, 15) is 22.0 Å². The van der Waals surface area contributed by atoms with Crippen LogP contribution >= 0.6 is 23.2 Å². The zero-order valence-corrected chi connectivity index (χ0v) is 19.9. The van der Waals surface area contributed by atoms with Crippen LogP contribution in [0.2, 0.25) is 10.0 Å². The standard InChI is InChI=1S/C22H15Cl2F2N3O4S/c1-33-12-4-6-19-15(8-12)21(13-5-3-11(23)7-17(13)25)27-29(19)20-10-18(26)14(9-16(20)24)22(30)28-34(2,31)32/h3-10H,1-2H3,(H,28,30). The number of sulfonamides is 1. The van der Waals surface area contributed by atoms with Gasteiger partial charge in [0.05, 0.1) is 35.2 Å². The molecule has 0 aliphatic heterocycles. The molecule has 12 heteroatoms. The highest BCUT2D eigenvalue weighted by Gasteiger charge is 2.22. The second-order valence-electron chi connectivity index (χ2n) is 7.25. The summed E-state index contributed by atoms with van der Waals surface area (Å²) in [7, 11) is -2.44. The van der Waals surface area contributed by atoms with E-state index >= 15 is 0 Å². The molecule has 1 amide bonds. The smallest absolute Gasteiger partial charge is 0.267 e. The first-order valence-corrected chi connectivity index (χ1v) is 12.2. The normalized spacial score (nSPS) is 11.6. The molecule has 4 rings (SSSR count). The number of carbonyl (C=O) groups excluding carboxylic acids is 1. The van der Waals surface area contributed by atoms with E-state index in [1.165, 1.54) is 23.9 Å². The van der Waals surface area contributed by atoms with E-state index in [2.05, 4.69) is 5.10 Å². The quantitative estimate of drug-likeness (QED) is 0.397. The van der Waals surface area contributed by atoms with Gasteiger partial charge in [-0.25, -0.2) is 26.6 Å². The Morgan fingerprint density at radius 2 is 1.79 bits per heavy atom. The van der Waals surface area contributed by atoms with Crippen molar-refractivity contribution in [2.75, 3.05) is 13.4 Å². The van der Waals surface area contributed by atoms with Crippen molar-refractivity contribution < 1.29 is 26.7 Å². The second-order valence-corrected chi connectivity index (χ2v) is 9.85. The van der Waals surface area contributed by atoms with Crippen molar-refractivity contribution in [1.29, 1.82) is 0 Å². The van der Waals surface area contributed by atoms with Gasteiger partial charge in [-0.05, 0) is 42.5 Å². The van der Waals surface area contributed by atoms with E-state index in [1.807, 2.05) is 0 Å². The lowest BCUT2D eigenvalue weighted by atomic mass is 10.1. The highest BCUT2D eigenvalue weighted by Crippen LogP contribution is 2.36. The highest BCUT2D eigenvalue weighted by molar-refractivity contribution is 7.89. The number of methoxy groups -OCH3 is 1. The molecule has 1 aromatic heterocycles. The van der Waals surface area contributed by atoms with Crippen molar-refractivity contribution in [3.8, 4) is 22.7 Å². The minimum atomic E-state index is -3.92. The van der Waals surface area contributed by atoms with Gasteiger partial charge in [-0.15, -0.1) is 0 Å². The van der Waals surface area contributed by atoms with Crippen LogP contribution < -0.4 is 9.46 Å². The Kier molecular flexibility index (Phi) is 6.24. The van der Waals surface area contributed by atoms with Crippen LogP contribution in [0.4, 0.5) is 8.78 Å². The Labute approximate surface area is 202 Å². The van der Waals surface area contributed by atoms with Gasteiger partial charge >= 0.3 is 0 Å². The van der Waals surface area contributed by atoms with Crippen LogP contribution in [0.3, 0.4) is 0 Å². The third-order valence-corrected chi connectivity index (χ3v) is 5.95. The van der Waals surface area contributed by atoms with Crippen molar-refractivity contribution in [2.24, 2.45) is 0 Å². The molecule has 34 heavy (non-hydrogen) atoms. The summed E-state index contributed by atoms with van der Waals surface area (Å²) in [5, 5.41) is 5.05. The van der Waals surface area contributed by atoms with E-state index in [4.69, 9.17) is 27.9 Å². The van der Waals surface area contributed by atoms with E-state index in [-0.39, 0.29) is 27.0 Å². The van der Waals surface area contributed by atoms with Crippen molar-refractivity contribution >= 4 is 50.0 Å². The van der Waals surface area contributed by atoms with E-state index in [0.717, 1.165) is 24.5 Å². The van der Waals surface area contributed by atoms with Gasteiger partial charge in [0.2, 0.25) is 10.0 Å². The first-order valence-electron chi connectivity index (χ1n) is 9.52. The molecule has 0 fully saturated rings. The number of rotatable bonds is 5. The van der Waals surface area contributed by atoms with Gasteiger partial charge in [-0.3, -0.25) is 4.79 Å². The third kappa shape index (κ3) is 4.56. The summed E-state index contributed by atoms with van der Waals surface area (Å²) in [6.07, 6.45) is 0.764. The number of carbonyl (C=O) groups is 1. The summed E-state index contributed by atoms with van der Waals surface area (Å²) < 4.78 is 60.5. The van der Waals surface area contributed by atoms with Gasteiger partial charge in [0, 0.05) is 22.0 Å². The molecular weight excluding hydrogens is 511 g/mol. The Morgan fingerprint density at radius 3 is 2.44 bits per heavy atom. The third-order valence-electron chi connectivity index (χ3n) is 4.86. The summed E-state index contributed by atoms with van der Waals surface area (Å²) >= 11 is 12.2. The lowest BCUT2D eigenvalue weighted by Crippen LogP contribution is -2.30. The molecule has 3 aromatic carbocycles. The fourth-order valence-corrected chi connectivity index (χ4v) is 4.23. The van der Waals surface area contributed by atoms with E-state index in [0.29, 0.717) is 16.7 Å². The largest absolute Gasteiger partial charge is 0.497 e. The molecule has 0 atom stereocenters. The molecule has 1 heterocycles. The Hall–Kier alpha value is -3.21. The van der Waals surface area contributed by atoms with Crippen molar-refractivity contribution in [3.63, 3.8) is 0 Å². The summed E-state index contributed by atoms with van der Waals surface area (Å²) in [6, 6.07) is 11.0. The minimum absolute atomic E-state index is 0.0471. The number of nitrogens with one attached hydrogen (secondary N) is 1. The molecule has 1 N–H and O–H groups in total. The summed E-state index contributed by atoms with van der Waals surface area (Å²) in [4.78, 5) is 12.1. The Morgan fingerprint density at radius 1 is 1.06 bits per heavy atom. The summed E-state index contributed by atoms with van der Waals surface area (Å²) in [5.74, 6) is -2.34. The second kappa shape index (κ2) is 8.86. The molecule has 0 bridgehead atoms. The molecular formula is C22H15Cl2F2N3O4S. The Balaban J connectivity index is 1.93. The monoisotopic (exact) mass is 525 g/mol. The number of benzene rings is 3. The summed E-state index contributed by atoms with van der Waals surface area (Å²) in [5.41, 5.74) is 0.285. The number of ether oxygens (including phenoxy) is 1. The fourth-order valence-electron chi connectivity index (χ4n) is 3.38. The Bertz CT molecular complexity index is 1570. The number of hydrogen-bond donors (Lipinski definition) is 1. The number of fused-ring (bicyclic) bond motifs is 1. The van der Waals surface area contributed by atoms with Gasteiger partial charge in [0.1, 0.15) is 23.1 Å². The summed E-state index contributed by atoms with van der Waals surface area (Å²) in [6.45, 7) is 0. The van der Waals surface area contributed by atoms with E-state index < -0.39 is 33.1 Å². The predicted molar refractivity (Wildman–Crippen MR) is 125 cm³/mol. The fraction of sp³-hybridized carbons (Fsp3) is 0.0909. The molecule has 0 saturated carbocycles. The van der Waals surface area contributed by atoms with Crippen LogP contribution in [0.25, 0.3) is 27.8 Å². The van der Waals surface area contributed by atoms with Gasteiger partial charge in [0.15, 0.2) is 0 Å². The first kappa shape index (κ1) is 23.9. The molecule has 0 radical (unpaired) electrons. The zero-order chi connectivity index (χ0) is 24.8. The lowest BCUT2D eigenvalue weighted by molar-refractivity contribution is 0.0978. The van der Waals surface area contributed by atoms with Crippen LogP contribution in [0, 0.1) is 11.6 Å². The average Bonchev–Trinajstić information content (AvgIpc) is 3.12. The number of hydrogen-bond acceptors (Lipinski definition) is 5. The number of halogens is 4. The molecule has 176 valence electrons.